The molecule has 0 saturated carbocycles. The van der Waals surface area contributed by atoms with Crippen molar-refractivity contribution < 1.29 is 14.4 Å². The van der Waals surface area contributed by atoms with Gasteiger partial charge >= 0.3 is 0 Å². The van der Waals surface area contributed by atoms with Gasteiger partial charge in [-0.2, -0.15) is 0 Å². The lowest BCUT2D eigenvalue weighted by Crippen LogP contribution is -2.50. The van der Waals surface area contributed by atoms with Crippen LogP contribution in [0, 0.1) is 6.57 Å². The monoisotopic (exact) mass is 384 g/mol. The van der Waals surface area contributed by atoms with E-state index in [1.807, 2.05) is 4.90 Å². The molecule has 1 fully saturated rings. The van der Waals surface area contributed by atoms with Gasteiger partial charge in [-0.25, -0.2) is 4.85 Å². The molecule has 0 spiro atoms. The van der Waals surface area contributed by atoms with Gasteiger partial charge in [-0.3, -0.25) is 14.4 Å². The van der Waals surface area contributed by atoms with Gasteiger partial charge in [-0.15, -0.1) is 0 Å². The predicted molar refractivity (Wildman–Crippen MR) is 107 cm³/mol. The lowest BCUT2D eigenvalue weighted by Gasteiger charge is -2.35. The van der Waals surface area contributed by atoms with Gasteiger partial charge in [-0.1, -0.05) is 37.1 Å². The second kappa shape index (κ2) is 11.1. The van der Waals surface area contributed by atoms with Crippen LogP contribution in [0.25, 0.3) is 4.85 Å². The van der Waals surface area contributed by atoms with Crippen LogP contribution in [0.4, 0.5) is 5.69 Å². The number of carbonyl (C=O) groups is 3. The molecule has 7 nitrogen and oxygen atoms in total. The highest BCUT2D eigenvalue weighted by Crippen LogP contribution is 2.16. The third kappa shape index (κ3) is 6.38. The van der Waals surface area contributed by atoms with E-state index in [2.05, 4.69) is 10.2 Å². The number of unbranched alkanes of at least 4 members (excludes halogenated alkanes) is 3. The first-order valence-corrected chi connectivity index (χ1v) is 9.80. The zero-order chi connectivity index (χ0) is 20.4. The Morgan fingerprint density at radius 2 is 1.50 bits per heavy atom. The Bertz CT molecular complexity index is 716. The fourth-order valence-electron chi connectivity index (χ4n) is 3.22. The van der Waals surface area contributed by atoms with Crippen LogP contribution in [0.5, 0.6) is 0 Å². The smallest absolute Gasteiger partial charge is 0.253 e. The van der Waals surface area contributed by atoms with Crippen LogP contribution in [0.2, 0.25) is 0 Å². The minimum Gasteiger partial charge on any atom is -0.359 e. The third-order valence-electron chi connectivity index (χ3n) is 4.99. The normalized spacial score (nSPS) is 13.7. The molecule has 0 atom stereocenters. The number of rotatable bonds is 8. The van der Waals surface area contributed by atoms with Crippen LogP contribution in [-0.4, -0.2) is 60.7 Å². The molecular formula is C21H28N4O3. The molecule has 150 valence electrons. The molecule has 1 N–H and O–H groups in total. The molecule has 0 aliphatic carbocycles. The Balaban J connectivity index is 1.66. The minimum atomic E-state index is -0.0558. The van der Waals surface area contributed by atoms with Crippen molar-refractivity contribution >= 4 is 23.4 Å². The van der Waals surface area contributed by atoms with Crippen LogP contribution >= 0.6 is 0 Å². The van der Waals surface area contributed by atoms with E-state index in [9.17, 15) is 14.4 Å². The molecule has 1 heterocycles. The van der Waals surface area contributed by atoms with Crippen molar-refractivity contribution in [1.82, 2.24) is 15.1 Å². The van der Waals surface area contributed by atoms with Gasteiger partial charge in [0.1, 0.15) is 0 Å². The fourth-order valence-corrected chi connectivity index (χ4v) is 3.22. The van der Waals surface area contributed by atoms with Crippen molar-refractivity contribution in [1.29, 1.82) is 0 Å². The summed E-state index contributed by atoms with van der Waals surface area (Å²) in [5.74, 6) is 0.144. The van der Waals surface area contributed by atoms with Gasteiger partial charge in [0, 0.05) is 51.6 Å². The first kappa shape index (κ1) is 21.4. The Labute approximate surface area is 166 Å². The zero-order valence-electron chi connectivity index (χ0n) is 16.4. The van der Waals surface area contributed by atoms with Crippen molar-refractivity contribution in [3.8, 4) is 0 Å². The Hall–Kier alpha value is -2.88. The van der Waals surface area contributed by atoms with E-state index in [-0.39, 0.29) is 17.7 Å². The first-order chi connectivity index (χ1) is 13.5. The quantitative estimate of drug-likeness (QED) is 0.553. The van der Waals surface area contributed by atoms with E-state index in [0.29, 0.717) is 50.3 Å². The molecule has 1 aliphatic heterocycles. The highest BCUT2D eigenvalue weighted by Gasteiger charge is 2.24. The Morgan fingerprint density at radius 1 is 0.929 bits per heavy atom. The van der Waals surface area contributed by atoms with E-state index < -0.39 is 0 Å². The fraction of sp³-hybridized carbons (Fsp3) is 0.524. The molecule has 0 aromatic heterocycles. The first-order valence-electron chi connectivity index (χ1n) is 9.80. The summed E-state index contributed by atoms with van der Waals surface area (Å²) in [5, 5.41) is 2.60. The molecule has 7 heteroatoms. The molecule has 0 bridgehead atoms. The topological polar surface area (TPSA) is 74.1 Å². The van der Waals surface area contributed by atoms with Crippen molar-refractivity contribution in [3.05, 3.63) is 41.2 Å². The molecule has 3 amide bonds. The largest absolute Gasteiger partial charge is 0.359 e. The maximum atomic E-state index is 12.5. The van der Waals surface area contributed by atoms with Gasteiger partial charge in [0.25, 0.3) is 5.91 Å². The number of nitrogens with zero attached hydrogens (tertiary/aromatic N) is 3. The highest BCUT2D eigenvalue weighted by molar-refractivity contribution is 5.94. The van der Waals surface area contributed by atoms with Gasteiger partial charge in [0.15, 0.2) is 5.69 Å². The summed E-state index contributed by atoms with van der Waals surface area (Å²) in [6.07, 6.45) is 4.65. The number of carbonyl (C=O) groups excluding carboxylic acids is 3. The molecule has 0 radical (unpaired) electrons. The lowest BCUT2D eigenvalue weighted by atomic mass is 10.1. The maximum absolute atomic E-state index is 12.5. The summed E-state index contributed by atoms with van der Waals surface area (Å²) in [6.45, 7) is 9.13. The number of nitrogens with one attached hydrogen (secondary N) is 1. The molecule has 2 rings (SSSR count). The van der Waals surface area contributed by atoms with Gasteiger partial charge < -0.3 is 15.1 Å². The standard InChI is InChI=1S/C21H28N4O3/c1-22-18-11-9-17(10-12-18)21(28)25-15-13-24(14-16-25)20(27)8-6-4-3-5-7-19(26)23-2/h9-12H,3-8,13-16H2,2H3,(H,23,26). The second-order valence-corrected chi connectivity index (χ2v) is 6.92. The minimum absolute atomic E-state index is 0.0558. The number of piperazine rings is 1. The molecule has 1 aromatic carbocycles. The van der Waals surface area contributed by atoms with E-state index in [4.69, 9.17) is 6.57 Å². The van der Waals surface area contributed by atoms with Gasteiger partial charge in [-0.05, 0) is 12.8 Å². The summed E-state index contributed by atoms with van der Waals surface area (Å²) in [7, 11) is 1.64. The van der Waals surface area contributed by atoms with Crippen molar-refractivity contribution in [3.63, 3.8) is 0 Å². The SMILES string of the molecule is [C-]#[N+]c1ccc(C(=O)N2CCN(C(=O)CCCCCCC(=O)NC)CC2)cc1. The summed E-state index contributed by atoms with van der Waals surface area (Å²) in [5.41, 5.74) is 1.09. The highest BCUT2D eigenvalue weighted by atomic mass is 16.2. The van der Waals surface area contributed by atoms with E-state index in [1.54, 1.807) is 36.2 Å². The van der Waals surface area contributed by atoms with E-state index in [0.717, 1.165) is 25.7 Å². The van der Waals surface area contributed by atoms with Crippen molar-refractivity contribution in [2.75, 3.05) is 33.2 Å². The number of hydrogen-bond acceptors (Lipinski definition) is 3. The average molecular weight is 384 g/mol. The Morgan fingerprint density at radius 3 is 2.07 bits per heavy atom. The molecule has 1 aliphatic rings. The van der Waals surface area contributed by atoms with Crippen LogP contribution in [0.3, 0.4) is 0 Å². The van der Waals surface area contributed by atoms with Crippen LogP contribution in [0.1, 0.15) is 48.9 Å². The predicted octanol–water partition coefficient (Wildman–Crippen LogP) is 2.61. The van der Waals surface area contributed by atoms with E-state index >= 15 is 0 Å². The van der Waals surface area contributed by atoms with Crippen LogP contribution in [0.15, 0.2) is 24.3 Å². The number of hydrogen-bond donors (Lipinski definition) is 1. The second-order valence-electron chi connectivity index (χ2n) is 6.92. The van der Waals surface area contributed by atoms with Crippen LogP contribution in [-0.2, 0) is 9.59 Å². The number of amides is 3. The van der Waals surface area contributed by atoms with Gasteiger partial charge in [0.2, 0.25) is 11.8 Å². The third-order valence-corrected chi connectivity index (χ3v) is 4.99. The molecule has 28 heavy (non-hydrogen) atoms. The summed E-state index contributed by atoms with van der Waals surface area (Å²) in [4.78, 5) is 42.9. The molecule has 1 aromatic rings. The Kier molecular flexibility index (Phi) is 8.47. The van der Waals surface area contributed by atoms with Crippen molar-refractivity contribution in [2.45, 2.75) is 38.5 Å². The maximum Gasteiger partial charge on any atom is 0.253 e. The molecular weight excluding hydrogens is 356 g/mol. The van der Waals surface area contributed by atoms with Crippen molar-refractivity contribution in [2.24, 2.45) is 0 Å². The molecule has 1 saturated heterocycles. The summed E-state index contributed by atoms with van der Waals surface area (Å²) < 4.78 is 0. The van der Waals surface area contributed by atoms with Crippen LogP contribution < -0.4 is 5.32 Å². The summed E-state index contributed by atoms with van der Waals surface area (Å²) >= 11 is 0. The molecule has 0 unspecified atom stereocenters. The average Bonchev–Trinajstić information content (AvgIpc) is 2.75. The number of benzene rings is 1. The summed E-state index contributed by atoms with van der Waals surface area (Å²) in [6, 6.07) is 6.65. The zero-order valence-corrected chi connectivity index (χ0v) is 16.4. The van der Waals surface area contributed by atoms with E-state index in [1.165, 1.54) is 0 Å². The lowest BCUT2D eigenvalue weighted by molar-refractivity contribution is -0.132. The van der Waals surface area contributed by atoms with Gasteiger partial charge in [0.05, 0.1) is 6.57 Å².